The number of nitrogens with zero attached hydrogens (tertiary/aromatic N) is 2. The van der Waals surface area contributed by atoms with Crippen LogP contribution < -0.4 is 10.1 Å². The maximum atomic E-state index is 14.3. The highest BCUT2D eigenvalue weighted by atomic mass is 19.1. The van der Waals surface area contributed by atoms with Gasteiger partial charge in [0.15, 0.2) is 17.4 Å². The van der Waals surface area contributed by atoms with Gasteiger partial charge in [0, 0.05) is 12.7 Å². The molecule has 0 saturated carbocycles. The number of hydrogen-bond donors (Lipinski definition) is 3. The quantitative estimate of drug-likeness (QED) is 0.673. The fourth-order valence-electron chi connectivity index (χ4n) is 2.22. The van der Waals surface area contributed by atoms with E-state index in [1.165, 1.54) is 7.11 Å². The van der Waals surface area contributed by atoms with Gasteiger partial charge in [-0.2, -0.15) is 0 Å². The first-order chi connectivity index (χ1) is 10.7. The lowest BCUT2D eigenvalue weighted by Crippen LogP contribution is -2.07. The number of fused-ring (bicyclic) bond motifs is 1. The van der Waals surface area contributed by atoms with Crippen molar-refractivity contribution in [3.63, 3.8) is 0 Å². The van der Waals surface area contributed by atoms with Crippen LogP contribution in [0.1, 0.15) is 0 Å². The van der Waals surface area contributed by atoms with Crippen molar-refractivity contribution in [1.29, 1.82) is 0 Å². The zero-order chi connectivity index (χ0) is 15.5. The summed E-state index contributed by atoms with van der Waals surface area (Å²) in [6.45, 7) is 0.349. The largest absolute Gasteiger partial charge is 0.494 e. The van der Waals surface area contributed by atoms with Crippen molar-refractivity contribution in [3.05, 3.63) is 36.3 Å². The van der Waals surface area contributed by atoms with Crippen LogP contribution in [0.2, 0.25) is 0 Å². The number of benzene rings is 1. The molecule has 0 radical (unpaired) electrons. The Bertz CT molecular complexity index is 803. The third kappa shape index (κ3) is 2.46. The first kappa shape index (κ1) is 14.3. The molecule has 0 spiro atoms. The first-order valence-corrected chi connectivity index (χ1v) is 6.77. The second-order valence-electron chi connectivity index (χ2n) is 4.61. The van der Waals surface area contributed by atoms with Gasteiger partial charge < -0.3 is 20.1 Å². The van der Waals surface area contributed by atoms with E-state index in [-0.39, 0.29) is 12.4 Å². The fourth-order valence-corrected chi connectivity index (χ4v) is 2.22. The van der Waals surface area contributed by atoms with Crippen molar-refractivity contribution in [2.45, 2.75) is 0 Å². The predicted molar refractivity (Wildman–Crippen MR) is 81.4 cm³/mol. The number of aliphatic hydroxyl groups is 1. The van der Waals surface area contributed by atoms with E-state index >= 15 is 0 Å². The van der Waals surface area contributed by atoms with Crippen LogP contribution in [-0.2, 0) is 0 Å². The van der Waals surface area contributed by atoms with Crippen LogP contribution in [-0.4, -0.2) is 40.3 Å². The molecule has 0 aliphatic rings. The van der Waals surface area contributed by atoms with Crippen molar-refractivity contribution in [3.8, 4) is 17.1 Å². The zero-order valence-electron chi connectivity index (χ0n) is 11.9. The van der Waals surface area contributed by atoms with Gasteiger partial charge in [0.25, 0.3) is 0 Å². The number of aromatic amines is 1. The Morgan fingerprint density at radius 3 is 3.00 bits per heavy atom. The van der Waals surface area contributed by atoms with Gasteiger partial charge in [-0.15, -0.1) is 0 Å². The molecule has 0 atom stereocenters. The van der Waals surface area contributed by atoms with Gasteiger partial charge in [0.05, 0.1) is 24.8 Å². The number of halogens is 1. The van der Waals surface area contributed by atoms with Gasteiger partial charge in [0.1, 0.15) is 11.3 Å². The van der Waals surface area contributed by atoms with E-state index in [4.69, 9.17) is 9.84 Å². The molecule has 0 bridgehead atoms. The Morgan fingerprint density at radius 2 is 2.23 bits per heavy atom. The lowest BCUT2D eigenvalue weighted by atomic mass is 10.2. The van der Waals surface area contributed by atoms with Crippen LogP contribution in [0.3, 0.4) is 0 Å². The summed E-state index contributed by atoms with van der Waals surface area (Å²) in [5.74, 6) is 0.625. The van der Waals surface area contributed by atoms with Crippen LogP contribution in [0.15, 0.2) is 30.5 Å². The average molecular weight is 302 g/mol. The van der Waals surface area contributed by atoms with Crippen molar-refractivity contribution in [2.24, 2.45) is 0 Å². The van der Waals surface area contributed by atoms with Gasteiger partial charge in [-0.3, -0.25) is 0 Å². The molecule has 1 aromatic carbocycles. The number of pyridine rings is 1. The van der Waals surface area contributed by atoms with E-state index < -0.39 is 5.82 Å². The van der Waals surface area contributed by atoms with Gasteiger partial charge in [-0.1, -0.05) is 6.07 Å². The summed E-state index contributed by atoms with van der Waals surface area (Å²) in [4.78, 5) is 11.7. The number of anilines is 1. The smallest absolute Gasteiger partial charge is 0.175 e. The minimum atomic E-state index is -0.470. The average Bonchev–Trinajstić information content (AvgIpc) is 2.97. The van der Waals surface area contributed by atoms with E-state index in [1.54, 1.807) is 30.5 Å². The standard InChI is InChI=1S/C15H15FN4O2/c1-22-11-4-2-3-9(12(11)16)14-19-10-5-6-17-15(13(10)20-14)18-7-8-21/h2-6,21H,7-8H2,1H3,(H,17,18)(H,19,20). The summed E-state index contributed by atoms with van der Waals surface area (Å²) in [6.07, 6.45) is 1.62. The van der Waals surface area contributed by atoms with Crippen LogP contribution in [0.25, 0.3) is 22.4 Å². The molecule has 0 amide bonds. The Kier molecular flexibility index (Phi) is 3.88. The summed E-state index contributed by atoms with van der Waals surface area (Å²) < 4.78 is 19.3. The first-order valence-electron chi connectivity index (χ1n) is 6.77. The van der Waals surface area contributed by atoms with E-state index in [2.05, 4.69) is 20.3 Å². The number of methoxy groups -OCH3 is 1. The van der Waals surface area contributed by atoms with E-state index in [0.29, 0.717) is 29.3 Å². The molecule has 114 valence electrons. The highest BCUT2D eigenvalue weighted by Crippen LogP contribution is 2.29. The van der Waals surface area contributed by atoms with Crippen molar-refractivity contribution in [2.75, 3.05) is 25.6 Å². The summed E-state index contributed by atoms with van der Waals surface area (Å²) in [7, 11) is 1.42. The number of imidazole rings is 1. The van der Waals surface area contributed by atoms with Gasteiger partial charge in [-0.25, -0.2) is 14.4 Å². The highest BCUT2D eigenvalue weighted by molar-refractivity contribution is 5.88. The minimum Gasteiger partial charge on any atom is -0.494 e. The number of hydrogen-bond acceptors (Lipinski definition) is 5. The highest BCUT2D eigenvalue weighted by Gasteiger charge is 2.15. The fraction of sp³-hybridized carbons (Fsp3) is 0.200. The molecular formula is C15H15FN4O2. The van der Waals surface area contributed by atoms with Crippen LogP contribution >= 0.6 is 0 Å². The maximum absolute atomic E-state index is 14.3. The summed E-state index contributed by atoms with van der Waals surface area (Å²) in [5.41, 5.74) is 1.64. The van der Waals surface area contributed by atoms with Gasteiger partial charge >= 0.3 is 0 Å². The topological polar surface area (TPSA) is 83.1 Å². The van der Waals surface area contributed by atoms with Crippen molar-refractivity contribution < 1.29 is 14.2 Å². The van der Waals surface area contributed by atoms with E-state index in [0.717, 1.165) is 5.52 Å². The number of rotatable bonds is 5. The SMILES string of the molecule is COc1cccc(-c2nc3c(NCCO)nccc3[nH]2)c1F. The number of H-pyrrole nitrogens is 1. The summed E-state index contributed by atoms with van der Waals surface area (Å²) in [5, 5.41) is 11.9. The Labute approximate surface area is 126 Å². The molecule has 2 aromatic heterocycles. The molecule has 22 heavy (non-hydrogen) atoms. The van der Waals surface area contributed by atoms with Crippen molar-refractivity contribution >= 4 is 16.9 Å². The number of nitrogens with one attached hydrogen (secondary N) is 2. The summed E-state index contributed by atoms with van der Waals surface area (Å²) in [6, 6.07) is 6.64. The van der Waals surface area contributed by atoms with Crippen LogP contribution in [0.4, 0.5) is 10.2 Å². The van der Waals surface area contributed by atoms with Crippen molar-refractivity contribution in [1.82, 2.24) is 15.0 Å². The molecule has 0 aliphatic carbocycles. The predicted octanol–water partition coefficient (Wildman–Crippen LogP) is 2.18. The number of aromatic nitrogens is 3. The Morgan fingerprint density at radius 1 is 1.36 bits per heavy atom. The molecule has 6 nitrogen and oxygen atoms in total. The van der Waals surface area contributed by atoms with Crippen LogP contribution in [0.5, 0.6) is 5.75 Å². The second-order valence-corrected chi connectivity index (χ2v) is 4.61. The van der Waals surface area contributed by atoms with Gasteiger partial charge in [-0.05, 0) is 18.2 Å². The lowest BCUT2D eigenvalue weighted by molar-refractivity contribution is 0.311. The molecule has 0 fully saturated rings. The molecule has 0 saturated heterocycles. The lowest BCUT2D eigenvalue weighted by Gasteiger charge is -2.04. The van der Waals surface area contributed by atoms with E-state index in [9.17, 15) is 4.39 Å². The molecule has 3 N–H and O–H groups in total. The maximum Gasteiger partial charge on any atom is 0.175 e. The normalized spacial score (nSPS) is 10.9. The monoisotopic (exact) mass is 302 g/mol. The number of aliphatic hydroxyl groups excluding tert-OH is 1. The number of ether oxygens (including phenoxy) is 1. The molecular weight excluding hydrogens is 287 g/mol. The molecule has 0 unspecified atom stereocenters. The molecule has 2 heterocycles. The molecule has 3 aromatic rings. The van der Waals surface area contributed by atoms with Gasteiger partial charge in [0.2, 0.25) is 0 Å². The molecule has 7 heteroatoms. The third-order valence-electron chi connectivity index (χ3n) is 3.24. The third-order valence-corrected chi connectivity index (χ3v) is 3.24. The minimum absolute atomic E-state index is 0.0140. The molecule has 0 aliphatic heterocycles. The summed E-state index contributed by atoms with van der Waals surface area (Å²) >= 11 is 0. The zero-order valence-corrected chi connectivity index (χ0v) is 11.9. The Balaban J connectivity index is 2.09. The molecule has 3 rings (SSSR count). The van der Waals surface area contributed by atoms with Crippen LogP contribution in [0, 0.1) is 5.82 Å². The second kappa shape index (κ2) is 5.98. The van der Waals surface area contributed by atoms with E-state index in [1.807, 2.05) is 0 Å². The Hall–Kier alpha value is -2.67.